The first kappa shape index (κ1) is 23.9. The molecule has 0 radical (unpaired) electrons. The molecule has 4 rings (SSSR count). The molecule has 0 fully saturated rings. The summed E-state index contributed by atoms with van der Waals surface area (Å²) < 4.78 is 3.32. The Morgan fingerprint density at radius 2 is 0.857 bits per heavy atom. The SMILES string of the molecule is C=CCn1c(=O)n(CC=C)c(=O)n(C[Si](c2ccccc2)(c2ccccc2)c2ccccc2)c1=O. The van der Waals surface area contributed by atoms with Crippen molar-refractivity contribution < 1.29 is 0 Å². The van der Waals surface area contributed by atoms with Crippen molar-refractivity contribution in [1.82, 2.24) is 13.7 Å². The van der Waals surface area contributed by atoms with Gasteiger partial charge in [-0.2, -0.15) is 0 Å². The lowest BCUT2D eigenvalue weighted by molar-refractivity contribution is 0.509. The van der Waals surface area contributed by atoms with Gasteiger partial charge in [-0.1, -0.05) is 103 Å². The zero-order valence-corrected chi connectivity index (χ0v) is 20.4. The Bertz CT molecular complexity index is 1360. The van der Waals surface area contributed by atoms with Crippen LogP contribution in [-0.4, -0.2) is 21.8 Å². The molecular formula is C28H27N3O3Si. The third-order valence-corrected chi connectivity index (χ3v) is 11.0. The summed E-state index contributed by atoms with van der Waals surface area (Å²) >= 11 is 0. The van der Waals surface area contributed by atoms with Gasteiger partial charge in [0.05, 0.1) is 13.1 Å². The third kappa shape index (κ3) is 4.33. The Morgan fingerprint density at radius 1 is 0.543 bits per heavy atom. The second kappa shape index (κ2) is 10.4. The number of aromatic nitrogens is 3. The molecule has 0 spiro atoms. The van der Waals surface area contributed by atoms with Crippen molar-refractivity contribution in [2.45, 2.75) is 19.3 Å². The van der Waals surface area contributed by atoms with Crippen LogP contribution in [0.2, 0.25) is 0 Å². The van der Waals surface area contributed by atoms with E-state index in [9.17, 15) is 14.4 Å². The Balaban J connectivity index is 2.12. The highest BCUT2D eigenvalue weighted by atomic mass is 28.3. The predicted molar refractivity (Wildman–Crippen MR) is 144 cm³/mol. The average Bonchev–Trinajstić information content (AvgIpc) is 2.91. The number of benzene rings is 3. The molecule has 0 aliphatic carbocycles. The molecule has 6 nitrogen and oxygen atoms in total. The summed E-state index contributed by atoms with van der Waals surface area (Å²) in [6, 6.07) is 30.0. The van der Waals surface area contributed by atoms with E-state index in [2.05, 4.69) is 49.6 Å². The minimum atomic E-state index is -2.95. The van der Waals surface area contributed by atoms with Crippen LogP contribution in [0.1, 0.15) is 0 Å². The zero-order valence-electron chi connectivity index (χ0n) is 19.4. The number of hydrogen-bond acceptors (Lipinski definition) is 3. The Kier molecular flexibility index (Phi) is 7.08. The molecule has 7 heteroatoms. The van der Waals surface area contributed by atoms with Gasteiger partial charge >= 0.3 is 17.1 Å². The second-order valence-electron chi connectivity index (χ2n) is 8.24. The molecule has 0 atom stereocenters. The van der Waals surface area contributed by atoms with Gasteiger partial charge in [0.1, 0.15) is 0 Å². The van der Waals surface area contributed by atoms with Crippen molar-refractivity contribution in [1.29, 1.82) is 0 Å². The van der Waals surface area contributed by atoms with Gasteiger partial charge in [-0.25, -0.2) is 28.1 Å². The number of hydrogen-bond donors (Lipinski definition) is 0. The van der Waals surface area contributed by atoms with Crippen LogP contribution in [0.15, 0.2) is 131 Å². The first-order valence-electron chi connectivity index (χ1n) is 11.4. The Morgan fingerprint density at radius 3 is 1.17 bits per heavy atom. The Hall–Kier alpha value is -4.23. The number of nitrogens with zero attached hydrogens (tertiary/aromatic N) is 3. The summed E-state index contributed by atoms with van der Waals surface area (Å²) in [6.45, 7) is 7.36. The molecule has 35 heavy (non-hydrogen) atoms. The fourth-order valence-corrected chi connectivity index (χ4v) is 9.14. The molecule has 0 saturated heterocycles. The predicted octanol–water partition coefficient (Wildman–Crippen LogP) is 1.25. The normalized spacial score (nSPS) is 11.2. The lowest BCUT2D eigenvalue weighted by Crippen LogP contribution is -2.72. The van der Waals surface area contributed by atoms with Gasteiger partial charge in [0.2, 0.25) is 0 Å². The first-order chi connectivity index (χ1) is 17.0. The highest BCUT2D eigenvalue weighted by Crippen LogP contribution is 2.09. The molecule has 0 aliphatic heterocycles. The summed E-state index contributed by atoms with van der Waals surface area (Å²) in [4.78, 5) is 40.1. The molecule has 4 aromatic rings. The highest BCUT2D eigenvalue weighted by molar-refractivity contribution is 7.10. The molecule has 1 aromatic heterocycles. The maximum Gasteiger partial charge on any atom is 0.336 e. The van der Waals surface area contributed by atoms with Gasteiger partial charge in [-0.05, 0) is 15.6 Å². The summed E-state index contributed by atoms with van der Waals surface area (Å²) in [6.07, 6.45) is 3.09. The smallest absolute Gasteiger partial charge is 0.247 e. The molecule has 0 bridgehead atoms. The Labute approximate surface area is 204 Å². The first-order valence-corrected chi connectivity index (χ1v) is 13.6. The fraction of sp³-hybridized carbons (Fsp3) is 0.107. The maximum atomic E-state index is 13.6. The average molecular weight is 482 g/mol. The molecule has 176 valence electrons. The monoisotopic (exact) mass is 481 g/mol. The van der Waals surface area contributed by atoms with Crippen LogP contribution in [0.5, 0.6) is 0 Å². The van der Waals surface area contributed by atoms with E-state index in [0.29, 0.717) is 0 Å². The summed E-state index contributed by atoms with van der Waals surface area (Å²) in [7, 11) is -2.95. The van der Waals surface area contributed by atoms with Crippen LogP contribution < -0.4 is 32.6 Å². The molecule has 3 aromatic carbocycles. The molecular weight excluding hydrogens is 454 g/mol. The highest BCUT2D eigenvalue weighted by Gasteiger charge is 2.41. The van der Waals surface area contributed by atoms with E-state index in [4.69, 9.17) is 0 Å². The number of allylic oxidation sites excluding steroid dienone is 2. The van der Waals surface area contributed by atoms with Crippen molar-refractivity contribution >= 4 is 23.6 Å². The maximum absolute atomic E-state index is 13.6. The molecule has 0 unspecified atom stereocenters. The molecule has 0 aliphatic rings. The largest absolute Gasteiger partial charge is 0.336 e. The molecule has 0 saturated carbocycles. The van der Waals surface area contributed by atoms with Gasteiger partial charge < -0.3 is 0 Å². The minimum Gasteiger partial charge on any atom is -0.247 e. The van der Waals surface area contributed by atoms with Gasteiger partial charge in [0.25, 0.3) is 0 Å². The van der Waals surface area contributed by atoms with Crippen molar-refractivity contribution in [2.24, 2.45) is 0 Å². The topological polar surface area (TPSA) is 66.0 Å². The van der Waals surface area contributed by atoms with Gasteiger partial charge in [-0.3, -0.25) is 0 Å². The van der Waals surface area contributed by atoms with E-state index >= 15 is 0 Å². The summed E-state index contributed by atoms with van der Waals surface area (Å²) in [5, 5.41) is 3.17. The van der Waals surface area contributed by atoms with Gasteiger partial charge in [0.15, 0.2) is 8.07 Å². The van der Waals surface area contributed by atoms with E-state index in [1.165, 1.54) is 16.7 Å². The van der Waals surface area contributed by atoms with Crippen molar-refractivity contribution in [3.63, 3.8) is 0 Å². The van der Waals surface area contributed by atoms with Crippen LogP contribution >= 0.6 is 0 Å². The van der Waals surface area contributed by atoms with Crippen molar-refractivity contribution in [2.75, 3.05) is 0 Å². The van der Waals surface area contributed by atoms with Gasteiger partial charge in [0, 0.05) is 6.17 Å². The van der Waals surface area contributed by atoms with Crippen LogP contribution in [-0.2, 0) is 19.3 Å². The van der Waals surface area contributed by atoms with E-state index < -0.39 is 25.1 Å². The third-order valence-electron chi connectivity index (χ3n) is 6.20. The fourth-order valence-electron chi connectivity index (χ4n) is 4.57. The second-order valence-corrected chi connectivity index (χ2v) is 12.1. The summed E-state index contributed by atoms with van der Waals surface area (Å²) in [5.74, 6) is 0. The molecule has 1 heterocycles. The minimum absolute atomic E-state index is 0.00561. The lowest BCUT2D eigenvalue weighted by atomic mass is 10.3. The quantitative estimate of drug-likeness (QED) is 0.205. The van der Waals surface area contributed by atoms with Crippen molar-refractivity contribution in [3.05, 3.63) is 148 Å². The van der Waals surface area contributed by atoms with Crippen LogP contribution in [0.25, 0.3) is 0 Å². The zero-order chi connectivity index (χ0) is 24.8. The summed E-state index contributed by atoms with van der Waals surface area (Å²) in [5.41, 5.74) is -1.94. The van der Waals surface area contributed by atoms with E-state index in [1.807, 2.05) is 54.6 Å². The van der Waals surface area contributed by atoms with E-state index in [-0.39, 0.29) is 19.3 Å². The van der Waals surface area contributed by atoms with E-state index in [0.717, 1.165) is 24.7 Å². The molecule has 0 N–H and O–H groups in total. The van der Waals surface area contributed by atoms with Crippen LogP contribution in [0.4, 0.5) is 0 Å². The van der Waals surface area contributed by atoms with Crippen molar-refractivity contribution in [3.8, 4) is 0 Å². The van der Waals surface area contributed by atoms with Crippen LogP contribution in [0.3, 0.4) is 0 Å². The standard InChI is InChI=1S/C28H27N3O3Si/c1-3-20-29-26(32)30(21-4-2)28(34)31(27(29)33)22-35(23-14-8-5-9-15-23,24-16-10-6-11-17-24)25-18-12-7-13-19-25/h3-19H,1-2,20-22H2. The van der Waals surface area contributed by atoms with Gasteiger partial charge in [-0.15, -0.1) is 13.2 Å². The van der Waals surface area contributed by atoms with Crippen LogP contribution in [0, 0.1) is 0 Å². The molecule has 0 amide bonds. The lowest BCUT2D eigenvalue weighted by Gasteiger charge is -2.34. The van der Waals surface area contributed by atoms with E-state index in [1.54, 1.807) is 0 Å². The number of rotatable bonds is 9.